The number of halogens is 1. The van der Waals surface area contributed by atoms with Crippen molar-refractivity contribution in [1.29, 1.82) is 0 Å². The number of fused-ring (bicyclic) bond motifs is 2. The van der Waals surface area contributed by atoms with Gasteiger partial charge in [-0.25, -0.2) is 0 Å². The van der Waals surface area contributed by atoms with Crippen LogP contribution in [-0.2, 0) is 0 Å². The zero-order valence-electron chi connectivity index (χ0n) is 10.3. The summed E-state index contributed by atoms with van der Waals surface area (Å²) in [6.07, 6.45) is 0. The van der Waals surface area contributed by atoms with E-state index in [2.05, 4.69) is 72.2 Å². The van der Waals surface area contributed by atoms with Crippen molar-refractivity contribution in [3.63, 3.8) is 0 Å². The minimum Gasteiger partial charge on any atom is -0.0888 e. The second-order valence-electron chi connectivity index (χ2n) is 4.49. The fourth-order valence-corrected chi connectivity index (χ4v) is 3.81. The Balaban J connectivity index is 2.32. The summed E-state index contributed by atoms with van der Waals surface area (Å²) < 4.78 is 1.14. The van der Waals surface area contributed by atoms with E-state index in [1.54, 1.807) is 0 Å². The Labute approximate surface area is 120 Å². The second kappa shape index (κ2) is 4.60. The summed E-state index contributed by atoms with van der Waals surface area (Å²) >= 11 is 5.42. The van der Waals surface area contributed by atoms with Gasteiger partial charge in [0.2, 0.25) is 0 Å². The zero-order valence-corrected chi connectivity index (χ0v) is 12.7. The van der Waals surface area contributed by atoms with E-state index in [1.807, 2.05) is 11.8 Å². The standard InChI is InChI=1S/C16H13BrS/c1-10-11(2)14-9-12(17)7-8-16(14)18-15-6-4-3-5-13(10)15/h3-9H,1-2H3. The van der Waals surface area contributed by atoms with Crippen LogP contribution in [-0.4, -0.2) is 0 Å². The molecule has 1 heterocycles. The Morgan fingerprint density at radius 2 is 1.50 bits per heavy atom. The second-order valence-corrected chi connectivity index (χ2v) is 6.49. The number of hydrogen-bond donors (Lipinski definition) is 0. The van der Waals surface area contributed by atoms with Crippen LogP contribution in [0.4, 0.5) is 0 Å². The lowest BCUT2D eigenvalue weighted by Gasteiger charge is -2.08. The zero-order chi connectivity index (χ0) is 12.7. The molecule has 3 rings (SSSR count). The Morgan fingerprint density at radius 1 is 0.833 bits per heavy atom. The van der Waals surface area contributed by atoms with Crippen molar-refractivity contribution in [2.75, 3.05) is 0 Å². The predicted octanol–water partition coefficient (Wildman–Crippen LogP) is 5.86. The minimum atomic E-state index is 1.14. The molecular weight excluding hydrogens is 304 g/mol. The molecule has 0 aromatic heterocycles. The van der Waals surface area contributed by atoms with Gasteiger partial charge in [-0.15, -0.1) is 0 Å². The van der Waals surface area contributed by atoms with Gasteiger partial charge in [0.1, 0.15) is 0 Å². The Hall–Kier alpha value is -0.990. The minimum absolute atomic E-state index is 1.14. The van der Waals surface area contributed by atoms with Gasteiger partial charge in [-0.1, -0.05) is 45.9 Å². The maximum absolute atomic E-state index is 3.57. The van der Waals surface area contributed by atoms with Crippen molar-refractivity contribution in [3.05, 3.63) is 58.1 Å². The van der Waals surface area contributed by atoms with E-state index < -0.39 is 0 Å². The van der Waals surface area contributed by atoms with Gasteiger partial charge in [-0.05, 0) is 60.4 Å². The largest absolute Gasteiger partial charge is 0.0888 e. The fourth-order valence-electron chi connectivity index (χ4n) is 2.27. The van der Waals surface area contributed by atoms with Gasteiger partial charge < -0.3 is 0 Å². The van der Waals surface area contributed by atoms with Crippen molar-refractivity contribution in [1.82, 2.24) is 0 Å². The SMILES string of the molecule is CC1=C(C)c2cc(Br)ccc2Sc2ccccc21. The van der Waals surface area contributed by atoms with Crippen molar-refractivity contribution >= 4 is 38.8 Å². The summed E-state index contributed by atoms with van der Waals surface area (Å²) in [6, 6.07) is 15.2. The lowest BCUT2D eigenvalue weighted by Crippen LogP contribution is -1.85. The van der Waals surface area contributed by atoms with E-state index in [9.17, 15) is 0 Å². The summed E-state index contributed by atoms with van der Waals surface area (Å²) in [4.78, 5) is 2.68. The first-order valence-electron chi connectivity index (χ1n) is 5.91. The van der Waals surface area contributed by atoms with Crippen LogP contribution in [0.3, 0.4) is 0 Å². The Bertz CT molecular complexity index is 656. The van der Waals surface area contributed by atoms with Crippen LogP contribution in [0.2, 0.25) is 0 Å². The molecule has 0 fully saturated rings. The van der Waals surface area contributed by atoms with E-state index in [-0.39, 0.29) is 0 Å². The summed E-state index contributed by atoms with van der Waals surface area (Å²) in [6.45, 7) is 4.42. The Morgan fingerprint density at radius 3 is 2.33 bits per heavy atom. The number of hydrogen-bond acceptors (Lipinski definition) is 1. The predicted molar refractivity (Wildman–Crippen MR) is 82.9 cm³/mol. The first-order valence-corrected chi connectivity index (χ1v) is 7.52. The van der Waals surface area contributed by atoms with Crippen LogP contribution >= 0.6 is 27.7 Å². The summed E-state index contributed by atoms with van der Waals surface area (Å²) in [5.41, 5.74) is 5.43. The first-order chi connectivity index (χ1) is 8.66. The van der Waals surface area contributed by atoms with E-state index in [4.69, 9.17) is 0 Å². The third-order valence-electron chi connectivity index (χ3n) is 3.42. The molecular formula is C16H13BrS. The summed E-state index contributed by atoms with van der Waals surface area (Å²) in [7, 11) is 0. The average molecular weight is 317 g/mol. The molecule has 0 N–H and O–H groups in total. The highest BCUT2D eigenvalue weighted by molar-refractivity contribution is 9.10. The van der Waals surface area contributed by atoms with Crippen molar-refractivity contribution in [3.8, 4) is 0 Å². The Kier molecular flexibility index (Phi) is 3.08. The molecule has 2 heteroatoms. The van der Waals surface area contributed by atoms with Gasteiger partial charge >= 0.3 is 0 Å². The number of benzene rings is 2. The van der Waals surface area contributed by atoms with Crippen molar-refractivity contribution in [2.45, 2.75) is 23.6 Å². The van der Waals surface area contributed by atoms with Gasteiger partial charge in [-0.2, -0.15) is 0 Å². The average Bonchev–Trinajstić information content (AvgIpc) is 2.48. The molecule has 2 aromatic rings. The first kappa shape index (κ1) is 12.1. The molecule has 0 saturated heterocycles. The van der Waals surface area contributed by atoms with E-state index in [1.165, 1.54) is 32.1 Å². The lowest BCUT2D eigenvalue weighted by molar-refractivity contribution is 1.36. The molecule has 0 saturated carbocycles. The molecule has 0 radical (unpaired) electrons. The van der Waals surface area contributed by atoms with Gasteiger partial charge in [0, 0.05) is 14.3 Å². The molecule has 0 amide bonds. The van der Waals surface area contributed by atoms with E-state index in [0.29, 0.717) is 0 Å². The fraction of sp³-hybridized carbons (Fsp3) is 0.125. The summed E-state index contributed by atoms with van der Waals surface area (Å²) in [5.74, 6) is 0. The smallest absolute Gasteiger partial charge is 0.0198 e. The molecule has 2 aromatic carbocycles. The van der Waals surface area contributed by atoms with Crippen molar-refractivity contribution < 1.29 is 0 Å². The van der Waals surface area contributed by atoms with Crippen molar-refractivity contribution in [2.24, 2.45) is 0 Å². The highest BCUT2D eigenvalue weighted by Gasteiger charge is 2.17. The van der Waals surface area contributed by atoms with Gasteiger partial charge in [0.05, 0.1) is 0 Å². The van der Waals surface area contributed by atoms with Crippen LogP contribution in [0.5, 0.6) is 0 Å². The normalized spacial score (nSPS) is 13.9. The highest BCUT2D eigenvalue weighted by Crippen LogP contribution is 2.44. The van der Waals surface area contributed by atoms with Crippen LogP contribution in [0.1, 0.15) is 25.0 Å². The van der Waals surface area contributed by atoms with E-state index >= 15 is 0 Å². The molecule has 0 spiro atoms. The van der Waals surface area contributed by atoms with Crippen LogP contribution in [0.25, 0.3) is 11.1 Å². The summed E-state index contributed by atoms with van der Waals surface area (Å²) in [5, 5.41) is 0. The molecule has 1 aliphatic rings. The third-order valence-corrected chi connectivity index (χ3v) is 5.06. The topological polar surface area (TPSA) is 0 Å². The van der Waals surface area contributed by atoms with E-state index in [0.717, 1.165) is 4.47 Å². The van der Waals surface area contributed by atoms with Gasteiger partial charge in [0.15, 0.2) is 0 Å². The van der Waals surface area contributed by atoms with Crippen LogP contribution in [0.15, 0.2) is 56.7 Å². The monoisotopic (exact) mass is 316 g/mol. The van der Waals surface area contributed by atoms with Gasteiger partial charge in [0.25, 0.3) is 0 Å². The molecule has 0 bridgehead atoms. The number of allylic oxidation sites excluding steroid dienone is 2. The molecule has 0 unspecified atom stereocenters. The van der Waals surface area contributed by atoms with Gasteiger partial charge in [-0.3, -0.25) is 0 Å². The maximum atomic E-state index is 3.57. The lowest BCUT2D eigenvalue weighted by atomic mass is 9.97. The molecule has 1 aliphatic heterocycles. The maximum Gasteiger partial charge on any atom is 0.0198 e. The quantitative estimate of drug-likeness (QED) is 0.586. The molecule has 18 heavy (non-hydrogen) atoms. The number of rotatable bonds is 0. The van der Waals surface area contributed by atoms with Crippen LogP contribution < -0.4 is 0 Å². The third kappa shape index (κ3) is 1.94. The molecule has 0 aliphatic carbocycles. The molecule has 0 atom stereocenters. The van der Waals surface area contributed by atoms with Crippen LogP contribution in [0, 0.1) is 0 Å². The highest BCUT2D eigenvalue weighted by atomic mass is 79.9. The molecule has 0 nitrogen and oxygen atoms in total. The molecule has 90 valence electrons.